The van der Waals surface area contributed by atoms with Crippen molar-refractivity contribution in [3.8, 4) is 5.75 Å². The second kappa shape index (κ2) is 11.5. The first-order valence-electron chi connectivity index (χ1n) is 13.4. The Hall–Kier alpha value is -3.90. The molecule has 0 aliphatic carbocycles. The Kier molecular flexibility index (Phi) is 8.26. The molecule has 0 radical (unpaired) electrons. The van der Waals surface area contributed by atoms with Crippen LogP contribution in [-0.2, 0) is 21.6 Å². The fourth-order valence-corrected chi connectivity index (χ4v) is 4.82. The molecule has 0 saturated carbocycles. The average Bonchev–Trinajstić information content (AvgIpc) is 3.15. The number of carbonyl (C=O) groups excluding carboxylic acids is 2. The number of amides is 1. The number of hydrogen-bond acceptors (Lipinski definition) is 4. The van der Waals surface area contributed by atoms with Crippen LogP contribution in [0.2, 0.25) is 0 Å². The van der Waals surface area contributed by atoms with Crippen LogP contribution in [0.3, 0.4) is 0 Å². The van der Waals surface area contributed by atoms with Gasteiger partial charge >= 0.3 is 0 Å². The standard InChI is InChI=1S/C33H38N2O4/c1-22-20-26(39-21-23-10-8-7-9-11-23)16-17-27(22)30(36)28-29(24-12-14-25(15-13-24)33(2,3)4)35(19-18-34(5)6)32(38)31(28)37/h7-17,20,29,36H,18-19,21H2,1-6H3. The van der Waals surface area contributed by atoms with Gasteiger partial charge in [0.25, 0.3) is 5.91 Å². The Bertz CT molecular complexity index is 1370. The highest BCUT2D eigenvalue weighted by Crippen LogP contribution is 2.39. The van der Waals surface area contributed by atoms with E-state index in [0.717, 1.165) is 21.6 Å². The van der Waals surface area contributed by atoms with E-state index >= 15 is 0 Å². The summed E-state index contributed by atoms with van der Waals surface area (Å²) in [5, 5.41) is 13.9. The molecule has 6 heteroatoms. The first kappa shape index (κ1) is 28.1. The molecule has 1 N–H and O–H groups in total. The quantitative estimate of drug-likeness (QED) is 0.278. The predicted octanol–water partition coefficient (Wildman–Crippen LogP) is 3.24. The van der Waals surface area contributed by atoms with Gasteiger partial charge in [-0.25, -0.2) is 0 Å². The van der Waals surface area contributed by atoms with Crippen molar-refractivity contribution in [2.24, 2.45) is 0 Å². The van der Waals surface area contributed by atoms with E-state index < -0.39 is 23.5 Å². The lowest BCUT2D eigenvalue weighted by atomic mass is 9.85. The first-order valence-corrected chi connectivity index (χ1v) is 13.4. The van der Waals surface area contributed by atoms with E-state index in [1.165, 1.54) is 0 Å². The number of benzene rings is 3. The minimum absolute atomic E-state index is 0.0123. The molecule has 0 aromatic heterocycles. The number of hydrogen-bond donors (Lipinski definition) is 1. The number of quaternary nitrogens is 1. The molecule has 3 aromatic rings. The number of likely N-dealkylation sites (tertiary alicyclic amines) is 1. The molecular weight excluding hydrogens is 488 g/mol. The summed E-state index contributed by atoms with van der Waals surface area (Å²) in [5.74, 6) is -1.12. The Morgan fingerprint density at radius 2 is 1.64 bits per heavy atom. The smallest absolute Gasteiger partial charge is 0.295 e. The lowest BCUT2D eigenvalue weighted by Crippen LogP contribution is -3.06. The van der Waals surface area contributed by atoms with Crippen LogP contribution in [-0.4, -0.2) is 43.8 Å². The van der Waals surface area contributed by atoms with Crippen molar-refractivity contribution in [2.45, 2.75) is 45.8 Å². The minimum atomic E-state index is -0.723. The molecule has 0 bridgehead atoms. The van der Waals surface area contributed by atoms with Crippen LogP contribution >= 0.6 is 0 Å². The normalized spacial score (nSPS) is 17.2. The summed E-state index contributed by atoms with van der Waals surface area (Å²) < 4.78 is 5.92. The van der Waals surface area contributed by atoms with E-state index in [0.29, 0.717) is 36.6 Å². The Morgan fingerprint density at radius 3 is 2.23 bits per heavy atom. The molecule has 3 aromatic carbocycles. The summed E-state index contributed by atoms with van der Waals surface area (Å²) in [6, 6.07) is 22.3. The Morgan fingerprint density at radius 1 is 0.974 bits per heavy atom. The topological polar surface area (TPSA) is 74.1 Å². The van der Waals surface area contributed by atoms with Gasteiger partial charge in [-0.3, -0.25) is 9.59 Å². The van der Waals surface area contributed by atoms with Gasteiger partial charge in [-0.2, -0.15) is 0 Å². The molecule has 1 unspecified atom stereocenters. The monoisotopic (exact) mass is 526 g/mol. The second-order valence-electron chi connectivity index (χ2n) is 11.6. The molecule has 1 aliphatic heterocycles. The number of ether oxygens (including phenoxy) is 1. The molecule has 1 saturated heterocycles. The highest BCUT2D eigenvalue weighted by molar-refractivity contribution is 6.46. The van der Waals surface area contributed by atoms with Crippen molar-refractivity contribution in [3.05, 3.63) is 106 Å². The van der Waals surface area contributed by atoms with Crippen molar-refractivity contribution < 1.29 is 24.3 Å². The molecule has 1 fully saturated rings. The first-order chi connectivity index (χ1) is 18.5. The zero-order valence-electron chi connectivity index (χ0n) is 23.7. The van der Waals surface area contributed by atoms with Gasteiger partial charge in [0.1, 0.15) is 12.4 Å². The van der Waals surface area contributed by atoms with Crippen molar-refractivity contribution in [1.82, 2.24) is 4.90 Å². The highest BCUT2D eigenvalue weighted by Gasteiger charge is 2.44. The van der Waals surface area contributed by atoms with Crippen LogP contribution in [0.25, 0.3) is 5.76 Å². The number of rotatable bonds is 8. The summed E-state index contributed by atoms with van der Waals surface area (Å²) in [7, 11) is 3.99. The number of Topliss-reactive ketones (excluding diaryl/α,β-unsaturated/α-hetero) is 1. The van der Waals surface area contributed by atoms with Gasteiger partial charge in [0.2, 0.25) is 5.78 Å². The van der Waals surface area contributed by atoms with E-state index in [-0.39, 0.29) is 11.0 Å². The average molecular weight is 527 g/mol. The van der Waals surface area contributed by atoms with Gasteiger partial charge in [-0.1, -0.05) is 87.2 Å². The summed E-state index contributed by atoms with van der Waals surface area (Å²) in [4.78, 5) is 29.3. The van der Waals surface area contributed by atoms with Gasteiger partial charge in [0, 0.05) is 5.57 Å². The number of aryl methyl sites for hydroxylation is 1. The van der Waals surface area contributed by atoms with Gasteiger partial charge in [0.15, 0.2) is 0 Å². The third-order valence-corrected chi connectivity index (χ3v) is 7.17. The number of ketones is 1. The molecule has 6 nitrogen and oxygen atoms in total. The lowest BCUT2D eigenvalue weighted by Gasteiger charge is -2.29. The third kappa shape index (κ3) is 6.23. The Labute approximate surface area is 231 Å². The molecule has 1 heterocycles. The highest BCUT2D eigenvalue weighted by atomic mass is 16.5. The maximum Gasteiger partial charge on any atom is 0.295 e. The zero-order valence-corrected chi connectivity index (χ0v) is 23.7. The second-order valence-corrected chi connectivity index (χ2v) is 11.6. The van der Waals surface area contributed by atoms with Gasteiger partial charge < -0.3 is 19.6 Å². The van der Waals surface area contributed by atoms with Gasteiger partial charge in [0.05, 0.1) is 33.2 Å². The fourth-order valence-electron chi connectivity index (χ4n) is 4.82. The summed E-state index contributed by atoms with van der Waals surface area (Å²) in [6.07, 6.45) is 0. The molecule has 0 spiro atoms. The third-order valence-electron chi connectivity index (χ3n) is 7.17. The molecule has 1 aliphatic rings. The number of nitrogens with zero attached hydrogens (tertiary/aromatic N) is 1. The van der Waals surface area contributed by atoms with E-state index in [9.17, 15) is 14.7 Å². The predicted molar refractivity (Wildman–Crippen MR) is 151 cm³/mol. The fraction of sp³-hybridized carbons (Fsp3) is 0.333. The molecule has 1 atom stereocenters. The van der Waals surface area contributed by atoms with Crippen LogP contribution in [0.4, 0.5) is 0 Å². The van der Waals surface area contributed by atoms with E-state index in [1.807, 2.05) is 75.6 Å². The SMILES string of the molecule is Cc1cc(OCc2ccccc2)ccc1C([O-])=C1C(=O)C(=O)N(CC[NH+](C)C)C1c1ccc(C(C)(C)C)cc1. The van der Waals surface area contributed by atoms with Crippen LogP contribution < -0.4 is 14.7 Å². The molecule has 4 rings (SSSR count). The zero-order chi connectivity index (χ0) is 28.3. The number of nitrogens with one attached hydrogen (secondary N) is 1. The van der Waals surface area contributed by atoms with Crippen molar-refractivity contribution in [2.75, 3.05) is 27.2 Å². The van der Waals surface area contributed by atoms with Crippen molar-refractivity contribution >= 4 is 17.4 Å². The number of likely N-dealkylation sites (N-methyl/N-ethyl adjacent to an activating group) is 1. The van der Waals surface area contributed by atoms with Crippen LogP contribution in [0.15, 0.2) is 78.4 Å². The maximum atomic E-state index is 13.9. The van der Waals surface area contributed by atoms with E-state index in [2.05, 4.69) is 20.8 Å². The largest absolute Gasteiger partial charge is 0.872 e. The van der Waals surface area contributed by atoms with E-state index in [1.54, 1.807) is 23.1 Å². The number of carbonyl (C=O) groups is 2. The van der Waals surface area contributed by atoms with Crippen LogP contribution in [0.5, 0.6) is 5.75 Å². The Balaban J connectivity index is 1.72. The van der Waals surface area contributed by atoms with E-state index in [4.69, 9.17) is 4.74 Å². The minimum Gasteiger partial charge on any atom is -0.872 e. The molecular formula is C33H38N2O4. The summed E-state index contributed by atoms with van der Waals surface area (Å²) >= 11 is 0. The molecule has 204 valence electrons. The van der Waals surface area contributed by atoms with Crippen molar-refractivity contribution in [3.63, 3.8) is 0 Å². The lowest BCUT2D eigenvalue weighted by molar-refractivity contribution is -0.857. The van der Waals surface area contributed by atoms with Gasteiger partial charge in [-0.15, -0.1) is 0 Å². The summed E-state index contributed by atoms with van der Waals surface area (Å²) in [5.41, 5.74) is 4.00. The molecule has 39 heavy (non-hydrogen) atoms. The maximum absolute atomic E-state index is 13.9. The van der Waals surface area contributed by atoms with Crippen LogP contribution in [0.1, 0.15) is 54.6 Å². The molecule has 1 amide bonds. The van der Waals surface area contributed by atoms with Crippen LogP contribution in [0, 0.1) is 6.92 Å². The summed E-state index contributed by atoms with van der Waals surface area (Å²) in [6.45, 7) is 9.66. The van der Waals surface area contributed by atoms with Crippen molar-refractivity contribution in [1.29, 1.82) is 0 Å². The van der Waals surface area contributed by atoms with Gasteiger partial charge in [-0.05, 0) is 52.3 Å².